The Bertz CT molecular complexity index is 994. The van der Waals surface area contributed by atoms with Crippen molar-refractivity contribution in [3.05, 3.63) is 35.4 Å². The molecule has 0 aliphatic rings. The second-order valence-electron chi connectivity index (χ2n) is 9.24. The summed E-state index contributed by atoms with van der Waals surface area (Å²) in [7, 11) is -2.17. The Hall–Kier alpha value is -2.50. The predicted octanol–water partition coefficient (Wildman–Crippen LogP) is 1.85. The van der Waals surface area contributed by atoms with Crippen molar-refractivity contribution in [2.75, 3.05) is 38.4 Å². The maximum absolute atomic E-state index is 13.0. The lowest BCUT2D eigenvalue weighted by molar-refractivity contribution is -0.143. The van der Waals surface area contributed by atoms with Crippen molar-refractivity contribution >= 4 is 27.7 Å². The molecule has 0 aliphatic heterocycles. The fourth-order valence-electron chi connectivity index (χ4n) is 3.73. The highest BCUT2D eigenvalue weighted by Gasteiger charge is 2.36. The number of sulfone groups is 1. The van der Waals surface area contributed by atoms with Gasteiger partial charge in [0.1, 0.15) is 5.75 Å². The van der Waals surface area contributed by atoms with Crippen LogP contribution >= 0.6 is 0 Å². The molecule has 10 nitrogen and oxygen atoms in total. The largest absolute Gasteiger partial charge is 0.466 e. The lowest BCUT2D eigenvalue weighted by Crippen LogP contribution is -2.48. The molecule has 0 saturated heterocycles. The van der Waals surface area contributed by atoms with E-state index in [1.807, 2.05) is 24.3 Å². The van der Waals surface area contributed by atoms with Gasteiger partial charge >= 0.3 is 11.9 Å². The second kappa shape index (κ2) is 14.3. The minimum atomic E-state index is -3.75. The van der Waals surface area contributed by atoms with Gasteiger partial charge in [0, 0.05) is 20.1 Å². The second-order valence-corrected chi connectivity index (χ2v) is 11.3. The first-order chi connectivity index (χ1) is 16.8. The highest BCUT2D eigenvalue weighted by atomic mass is 32.2. The molecule has 1 aromatic carbocycles. The fraction of sp³-hybridized carbons (Fsp3) is 0.640. The summed E-state index contributed by atoms with van der Waals surface area (Å²) in [5.41, 5.74) is 4.79. The van der Waals surface area contributed by atoms with E-state index in [0.29, 0.717) is 13.0 Å². The summed E-state index contributed by atoms with van der Waals surface area (Å²) >= 11 is 0. The highest BCUT2D eigenvalue weighted by Crippen LogP contribution is 2.30. The Balaban J connectivity index is 2.97. The van der Waals surface area contributed by atoms with Crippen LogP contribution in [0.2, 0.25) is 0 Å². The van der Waals surface area contributed by atoms with Crippen LogP contribution in [0.1, 0.15) is 58.6 Å². The first-order valence-corrected chi connectivity index (χ1v) is 13.8. The maximum atomic E-state index is 13.0. The molecule has 0 spiro atoms. The molecule has 1 aromatic rings. The Morgan fingerprint density at radius 3 is 2.25 bits per heavy atom. The van der Waals surface area contributed by atoms with Gasteiger partial charge in [-0.15, -0.1) is 0 Å². The molecule has 0 bridgehead atoms. The summed E-state index contributed by atoms with van der Waals surface area (Å²) in [6, 6.07) is 7.42. The number of nitrogens with one attached hydrogen (secondary N) is 2. The number of carbonyl (C=O) groups is 3. The quantitative estimate of drug-likeness (QED) is 0.243. The van der Waals surface area contributed by atoms with Crippen LogP contribution in [0.5, 0.6) is 0 Å². The molecule has 1 unspecified atom stereocenters. The van der Waals surface area contributed by atoms with E-state index in [1.54, 1.807) is 41.7 Å². The van der Waals surface area contributed by atoms with Gasteiger partial charge in [-0.2, -0.15) is 0 Å². The lowest BCUT2D eigenvalue weighted by atomic mass is 9.78. The first kappa shape index (κ1) is 31.5. The van der Waals surface area contributed by atoms with Crippen molar-refractivity contribution in [3.8, 4) is 0 Å². The Labute approximate surface area is 214 Å². The standard InChI is InChI=1S/C25H40N2O8S/c1-7-33-21(28)13-12-19-10-9-11-20(16-19)25(5,23(30)27-26-6)14-15-35-24(3,4)18-36(31,32)17-22(29)34-8-2/h9-11,16,26H,7-8,12-15,17-18H2,1-6H3,(H,27,30). The van der Waals surface area contributed by atoms with Crippen LogP contribution in [0.25, 0.3) is 0 Å². The number of amides is 1. The zero-order valence-electron chi connectivity index (χ0n) is 22.1. The first-order valence-electron chi connectivity index (χ1n) is 12.0. The minimum absolute atomic E-state index is 0.0859. The zero-order valence-corrected chi connectivity index (χ0v) is 23.0. The monoisotopic (exact) mass is 528 g/mol. The van der Waals surface area contributed by atoms with Crippen molar-refractivity contribution < 1.29 is 37.0 Å². The number of aryl methyl sites for hydroxylation is 1. The van der Waals surface area contributed by atoms with E-state index in [2.05, 4.69) is 10.9 Å². The molecular formula is C25H40N2O8S. The number of esters is 2. The van der Waals surface area contributed by atoms with Gasteiger partial charge < -0.3 is 14.2 Å². The molecule has 2 N–H and O–H groups in total. The number of rotatable bonds is 16. The molecule has 11 heteroatoms. The van der Waals surface area contributed by atoms with Crippen molar-refractivity contribution in [2.24, 2.45) is 0 Å². The zero-order chi connectivity index (χ0) is 27.4. The number of hydrazine groups is 1. The maximum Gasteiger partial charge on any atom is 0.321 e. The van der Waals surface area contributed by atoms with E-state index in [-0.39, 0.29) is 43.7 Å². The Kier molecular flexibility index (Phi) is 12.5. The van der Waals surface area contributed by atoms with Crippen LogP contribution in [0.15, 0.2) is 24.3 Å². The molecule has 1 rings (SSSR count). The summed E-state index contributed by atoms with van der Waals surface area (Å²) in [6.45, 7) is 8.89. The van der Waals surface area contributed by atoms with Gasteiger partial charge in [-0.1, -0.05) is 24.3 Å². The van der Waals surface area contributed by atoms with Gasteiger partial charge in [0.25, 0.3) is 0 Å². The minimum Gasteiger partial charge on any atom is -0.466 e. The normalized spacial score (nSPS) is 13.5. The average molecular weight is 529 g/mol. The molecule has 0 saturated carbocycles. The van der Waals surface area contributed by atoms with Crippen LogP contribution < -0.4 is 10.9 Å². The molecule has 0 fully saturated rings. The van der Waals surface area contributed by atoms with Crippen LogP contribution in [-0.4, -0.2) is 70.2 Å². The number of hydrogen-bond donors (Lipinski definition) is 2. The molecular weight excluding hydrogens is 488 g/mol. The van der Waals surface area contributed by atoms with Gasteiger partial charge in [-0.3, -0.25) is 19.8 Å². The molecule has 0 radical (unpaired) electrons. The molecule has 204 valence electrons. The third-order valence-electron chi connectivity index (χ3n) is 5.53. The summed E-state index contributed by atoms with van der Waals surface area (Å²) < 4.78 is 40.4. The van der Waals surface area contributed by atoms with Crippen molar-refractivity contribution in [1.82, 2.24) is 10.9 Å². The summed E-state index contributed by atoms with van der Waals surface area (Å²) in [4.78, 5) is 36.4. The van der Waals surface area contributed by atoms with Crippen LogP contribution in [0.3, 0.4) is 0 Å². The number of ether oxygens (including phenoxy) is 3. The van der Waals surface area contributed by atoms with E-state index in [4.69, 9.17) is 14.2 Å². The molecule has 1 amide bonds. The lowest BCUT2D eigenvalue weighted by Gasteiger charge is -2.31. The van der Waals surface area contributed by atoms with E-state index in [0.717, 1.165) is 11.1 Å². The van der Waals surface area contributed by atoms with Gasteiger partial charge in [0.05, 0.1) is 30.0 Å². The van der Waals surface area contributed by atoms with Gasteiger partial charge in [0.2, 0.25) is 5.91 Å². The van der Waals surface area contributed by atoms with Crippen molar-refractivity contribution in [3.63, 3.8) is 0 Å². The van der Waals surface area contributed by atoms with Crippen LogP contribution in [0, 0.1) is 0 Å². The van der Waals surface area contributed by atoms with E-state index in [9.17, 15) is 22.8 Å². The van der Waals surface area contributed by atoms with Gasteiger partial charge in [-0.05, 0) is 58.6 Å². The van der Waals surface area contributed by atoms with Crippen LogP contribution in [-0.2, 0) is 50.3 Å². The Morgan fingerprint density at radius 2 is 1.64 bits per heavy atom. The topological polar surface area (TPSA) is 137 Å². The summed E-state index contributed by atoms with van der Waals surface area (Å²) in [5.74, 6) is -2.46. The molecule has 36 heavy (non-hydrogen) atoms. The molecule has 0 aliphatic carbocycles. The van der Waals surface area contributed by atoms with Crippen molar-refractivity contribution in [2.45, 2.75) is 64.9 Å². The molecule has 0 aromatic heterocycles. The molecule has 0 heterocycles. The van der Waals surface area contributed by atoms with E-state index in [1.165, 1.54) is 0 Å². The summed E-state index contributed by atoms with van der Waals surface area (Å²) in [6.07, 6.45) is 0.954. The number of carbonyl (C=O) groups excluding carboxylic acids is 3. The van der Waals surface area contributed by atoms with Crippen LogP contribution in [0.4, 0.5) is 0 Å². The van der Waals surface area contributed by atoms with Crippen molar-refractivity contribution in [1.29, 1.82) is 0 Å². The Morgan fingerprint density at radius 1 is 1.00 bits per heavy atom. The highest BCUT2D eigenvalue weighted by molar-refractivity contribution is 7.92. The smallest absolute Gasteiger partial charge is 0.321 e. The fourth-order valence-corrected chi connectivity index (χ4v) is 5.41. The third-order valence-corrected chi connectivity index (χ3v) is 7.34. The van der Waals surface area contributed by atoms with Gasteiger partial charge in [0.15, 0.2) is 9.84 Å². The molecule has 1 atom stereocenters. The third kappa shape index (κ3) is 10.6. The number of benzene rings is 1. The summed E-state index contributed by atoms with van der Waals surface area (Å²) in [5, 5.41) is 0. The average Bonchev–Trinajstić information content (AvgIpc) is 2.77. The SMILES string of the molecule is CCOC(=O)CCc1cccc(C(C)(CCOC(C)(C)CS(=O)(=O)CC(=O)OCC)C(=O)NNC)c1. The number of hydrogen-bond acceptors (Lipinski definition) is 9. The van der Waals surface area contributed by atoms with E-state index < -0.39 is 32.6 Å². The van der Waals surface area contributed by atoms with Gasteiger partial charge in [-0.25, -0.2) is 13.8 Å². The predicted molar refractivity (Wildman–Crippen MR) is 136 cm³/mol. The van der Waals surface area contributed by atoms with E-state index >= 15 is 0 Å².